The smallest absolute Gasteiger partial charge is 0.122 e. The van der Waals surface area contributed by atoms with Gasteiger partial charge in [0.2, 0.25) is 0 Å². The summed E-state index contributed by atoms with van der Waals surface area (Å²) in [6.45, 7) is 9.72. The fourth-order valence-corrected chi connectivity index (χ4v) is 2.43. The highest BCUT2D eigenvalue weighted by atomic mass is 16.5. The maximum Gasteiger partial charge on any atom is 0.122 e. The van der Waals surface area contributed by atoms with Gasteiger partial charge in [0.1, 0.15) is 5.75 Å². The van der Waals surface area contributed by atoms with E-state index in [4.69, 9.17) is 4.74 Å². The Balaban J connectivity index is 2.99. The Labute approximate surface area is 112 Å². The lowest BCUT2D eigenvalue weighted by molar-refractivity contribution is 0.410. The maximum absolute atomic E-state index is 5.38. The lowest BCUT2D eigenvalue weighted by Crippen LogP contribution is -2.21. The number of hydrogen-bond acceptors (Lipinski definition) is 2. The molecule has 0 saturated carbocycles. The normalized spacial score (nSPS) is 12.5. The fourth-order valence-electron chi connectivity index (χ4n) is 2.43. The fraction of sp³-hybridized carbons (Fsp3) is 0.625. The minimum absolute atomic E-state index is 0.472. The highest BCUT2D eigenvalue weighted by Crippen LogP contribution is 2.29. The predicted molar refractivity (Wildman–Crippen MR) is 78.4 cm³/mol. The molecule has 0 aliphatic carbocycles. The van der Waals surface area contributed by atoms with E-state index in [2.05, 4.69) is 45.1 Å². The van der Waals surface area contributed by atoms with E-state index < -0.39 is 0 Å². The molecule has 2 nitrogen and oxygen atoms in total. The molecule has 0 aliphatic heterocycles. The molecule has 0 aromatic heterocycles. The second kappa shape index (κ2) is 7.42. The minimum atomic E-state index is 0.472. The highest BCUT2D eigenvalue weighted by Gasteiger charge is 2.14. The molecule has 1 rings (SSSR count). The van der Waals surface area contributed by atoms with E-state index in [-0.39, 0.29) is 0 Å². The van der Waals surface area contributed by atoms with Crippen LogP contribution in [0, 0.1) is 13.8 Å². The highest BCUT2D eigenvalue weighted by molar-refractivity contribution is 5.42. The van der Waals surface area contributed by atoms with Crippen LogP contribution in [0.25, 0.3) is 0 Å². The van der Waals surface area contributed by atoms with Gasteiger partial charge >= 0.3 is 0 Å². The van der Waals surface area contributed by atoms with Crippen LogP contribution in [0.15, 0.2) is 12.1 Å². The van der Waals surface area contributed by atoms with Crippen molar-refractivity contribution in [1.29, 1.82) is 0 Å². The topological polar surface area (TPSA) is 21.3 Å². The van der Waals surface area contributed by atoms with Crippen LogP contribution in [-0.4, -0.2) is 13.7 Å². The molecule has 0 spiro atoms. The Morgan fingerprint density at radius 1 is 1.17 bits per heavy atom. The van der Waals surface area contributed by atoms with Crippen molar-refractivity contribution >= 4 is 0 Å². The van der Waals surface area contributed by atoms with Crippen LogP contribution in [0.4, 0.5) is 0 Å². The molecule has 2 heteroatoms. The molecule has 1 N–H and O–H groups in total. The van der Waals surface area contributed by atoms with Gasteiger partial charge in [0.25, 0.3) is 0 Å². The van der Waals surface area contributed by atoms with Gasteiger partial charge in [0.15, 0.2) is 0 Å². The first-order valence-corrected chi connectivity index (χ1v) is 7.02. The van der Waals surface area contributed by atoms with Crippen LogP contribution in [0.5, 0.6) is 5.75 Å². The first-order valence-electron chi connectivity index (χ1n) is 7.02. The average Bonchev–Trinajstić information content (AvgIpc) is 2.37. The number of methoxy groups -OCH3 is 1. The lowest BCUT2D eigenvalue weighted by Gasteiger charge is -2.21. The van der Waals surface area contributed by atoms with Gasteiger partial charge in [-0.3, -0.25) is 0 Å². The van der Waals surface area contributed by atoms with Crippen LogP contribution in [0.3, 0.4) is 0 Å². The molecule has 0 aliphatic rings. The summed E-state index contributed by atoms with van der Waals surface area (Å²) in [5.74, 6) is 0.988. The molecule has 0 radical (unpaired) electrons. The number of ether oxygens (including phenoxy) is 1. The Bertz CT molecular complexity index is 374. The Kier molecular flexibility index (Phi) is 6.20. The van der Waals surface area contributed by atoms with Gasteiger partial charge in [-0.25, -0.2) is 0 Å². The summed E-state index contributed by atoms with van der Waals surface area (Å²) >= 11 is 0. The van der Waals surface area contributed by atoms with Gasteiger partial charge < -0.3 is 10.1 Å². The molecule has 1 aromatic carbocycles. The van der Waals surface area contributed by atoms with Crippen molar-refractivity contribution in [3.05, 3.63) is 28.8 Å². The monoisotopic (exact) mass is 249 g/mol. The van der Waals surface area contributed by atoms with Crippen LogP contribution in [0.1, 0.15) is 55.8 Å². The summed E-state index contributed by atoms with van der Waals surface area (Å²) in [6.07, 6.45) is 3.72. The second-order valence-electron chi connectivity index (χ2n) is 4.93. The van der Waals surface area contributed by atoms with Gasteiger partial charge in [-0.2, -0.15) is 0 Å². The molecule has 1 unspecified atom stereocenters. The summed E-state index contributed by atoms with van der Waals surface area (Å²) in [5, 5.41) is 3.60. The molecule has 0 fully saturated rings. The third kappa shape index (κ3) is 3.74. The first-order chi connectivity index (χ1) is 8.63. The molecule has 0 bridgehead atoms. The van der Waals surface area contributed by atoms with E-state index >= 15 is 0 Å². The van der Waals surface area contributed by atoms with Crippen LogP contribution in [-0.2, 0) is 0 Å². The third-order valence-corrected chi connectivity index (χ3v) is 3.46. The zero-order valence-corrected chi connectivity index (χ0v) is 12.5. The van der Waals surface area contributed by atoms with E-state index in [1.807, 2.05) is 0 Å². The third-order valence-electron chi connectivity index (χ3n) is 3.46. The van der Waals surface area contributed by atoms with Crippen LogP contribution in [0.2, 0.25) is 0 Å². The average molecular weight is 249 g/mol. The number of nitrogens with one attached hydrogen (secondary N) is 1. The van der Waals surface area contributed by atoms with Crippen molar-refractivity contribution < 1.29 is 4.74 Å². The number of aryl methyl sites for hydroxylation is 2. The zero-order chi connectivity index (χ0) is 13.5. The summed E-state index contributed by atoms with van der Waals surface area (Å²) in [7, 11) is 1.74. The Morgan fingerprint density at radius 3 is 2.44 bits per heavy atom. The van der Waals surface area contributed by atoms with Crippen LogP contribution >= 0.6 is 0 Å². The molecular weight excluding hydrogens is 222 g/mol. The van der Waals surface area contributed by atoms with Crippen molar-refractivity contribution in [2.45, 2.75) is 53.0 Å². The molecule has 102 valence electrons. The van der Waals surface area contributed by atoms with E-state index in [0.29, 0.717) is 6.04 Å². The molecule has 0 amide bonds. The minimum Gasteiger partial charge on any atom is -0.496 e. The van der Waals surface area contributed by atoms with Crippen molar-refractivity contribution in [1.82, 2.24) is 5.32 Å². The van der Waals surface area contributed by atoms with Crippen molar-refractivity contribution in [2.75, 3.05) is 13.7 Å². The molecule has 1 aromatic rings. The number of unbranched alkanes of at least 4 members (excludes halogenated alkanes) is 1. The quantitative estimate of drug-likeness (QED) is 0.783. The van der Waals surface area contributed by atoms with E-state index in [0.717, 1.165) is 12.3 Å². The van der Waals surface area contributed by atoms with E-state index in [9.17, 15) is 0 Å². The SMILES string of the molecule is CCCCC(NCC)c1cc(C)c(OC)cc1C. The zero-order valence-electron chi connectivity index (χ0n) is 12.5. The maximum atomic E-state index is 5.38. The second-order valence-corrected chi connectivity index (χ2v) is 4.93. The van der Waals surface area contributed by atoms with Gasteiger partial charge in [0, 0.05) is 6.04 Å². The van der Waals surface area contributed by atoms with Crippen molar-refractivity contribution in [3.8, 4) is 5.75 Å². The lowest BCUT2D eigenvalue weighted by atomic mass is 9.94. The number of hydrogen-bond donors (Lipinski definition) is 1. The van der Waals surface area contributed by atoms with Crippen LogP contribution < -0.4 is 10.1 Å². The summed E-state index contributed by atoms with van der Waals surface area (Å²) in [4.78, 5) is 0. The van der Waals surface area contributed by atoms with Gasteiger partial charge in [0.05, 0.1) is 7.11 Å². The van der Waals surface area contributed by atoms with Gasteiger partial charge in [-0.05, 0) is 49.6 Å². The summed E-state index contributed by atoms with van der Waals surface area (Å²) < 4.78 is 5.38. The Hall–Kier alpha value is -1.02. The molecular formula is C16H27NO. The van der Waals surface area contributed by atoms with E-state index in [1.165, 1.54) is 36.0 Å². The summed E-state index contributed by atoms with van der Waals surface area (Å²) in [6, 6.07) is 4.90. The molecule has 1 atom stereocenters. The van der Waals surface area contributed by atoms with Crippen molar-refractivity contribution in [2.24, 2.45) is 0 Å². The van der Waals surface area contributed by atoms with Gasteiger partial charge in [-0.15, -0.1) is 0 Å². The van der Waals surface area contributed by atoms with Gasteiger partial charge in [-0.1, -0.05) is 32.8 Å². The predicted octanol–water partition coefficient (Wildman–Crippen LogP) is 4.15. The van der Waals surface area contributed by atoms with Crippen molar-refractivity contribution in [3.63, 3.8) is 0 Å². The standard InChI is InChI=1S/C16H27NO/c1-6-8-9-15(17-7-2)14-10-13(4)16(18-5)11-12(14)3/h10-11,15,17H,6-9H2,1-5H3. The first kappa shape index (κ1) is 15.0. The molecule has 0 heterocycles. The summed E-state index contributed by atoms with van der Waals surface area (Å²) in [5.41, 5.74) is 3.96. The Morgan fingerprint density at radius 2 is 1.89 bits per heavy atom. The number of rotatable bonds is 7. The number of benzene rings is 1. The molecule has 18 heavy (non-hydrogen) atoms. The molecule has 0 saturated heterocycles. The largest absolute Gasteiger partial charge is 0.496 e. The van der Waals surface area contributed by atoms with E-state index in [1.54, 1.807) is 7.11 Å².